The van der Waals surface area contributed by atoms with E-state index >= 15 is 0 Å². The zero-order valence-corrected chi connectivity index (χ0v) is 9.37. The molecule has 1 heterocycles. The van der Waals surface area contributed by atoms with Crippen molar-refractivity contribution < 1.29 is 9.50 Å². The van der Waals surface area contributed by atoms with Gasteiger partial charge in [0.25, 0.3) is 0 Å². The monoisotopic (exact) mass is 215 g/mol. The van der Waals surface area contributed by atoms with E-state index in [0.29, 0.717) is 6.04 Å². The molecule has 1 aliphatic heterocycles. The minimum atomic E-state index is -0.593. The van der Waals surface area contributed by atoms with Gasteiger partial charge < -0.3 is 10.0 Å². The lowest BCUT2D eigenvalue weighted by molar-refractivity contribution is 0.0512. The molecule has 0 aromatic carbocycles. The largest absolute Gasteiger partial charge is 0.393 e. The molecule has 15 heavy (non-hydrogen) atoms. The molecule has 3 heteroatoms. The summed E-state index contributed by atoms with van der Waals surface area (Å²) in [6.45, 7) is 1.91. The van der Waals surface area contributed by atoms with E-state index in [9.17, 15) is 9.50 Å². The van der Waals surface area contributed by atoms with Gasteiger partial charge in [0, 0.05) is 19.1 Å². The third-order valence-electron chi connectivity index (χ3n) is 3.85. The average Bonchev–Trinajstić information content (AvgIpc) is 2.44. The van der Waals surface area contributed by atoms with E-state index in [1.165, 1.54) is 6.42 Å². The van der Waals surface area contributed by atoms with Crippen molar-refractivity contribution in [3.8, 4) is 0 Å². The number of nitrogens with zero attached hydrogens (tertiary/aromatic N) is 1. The zero-order valence-electron chi connectivity index (χ0n) is 9.37. The number of hydrogen-bond donors (Lipinski definition) is 1. The number of halogens is 1. The number of alkyl halides is 1. The lowest BCUT2D eigenvalue weighted by atomic mass is 10.0. The summed E-state index contributed by atoms with van der Waals surface area (Å²) in [6, 6.07) is 0.440. The van der Waals surface area contributed by atoms with Crippen LogP contribution < -0.4 is 0 Å². The molecule has 1 saturated heterocycles. The van der Waals surface area contributed by atoms with Crippen molar-refractivity contribution in [1.82, 2.24) is 4.90 Å². The third-order valence-corrected chi connectivity index (χ3v) is 3.85. The highest BCUT2D eigenvalue weighted by Gasteiger charge is 2.27. The molecule has 2 unspecified atom stereocenters. The maximum absolute atomic E-state index is 13.4. The molecule has 2 rings (SSSR count). The SMILES string of the molecule is OC1CCN(C2CCCCC(F)C2)CC1. The molecule has 2 nitrogen and oxygen atoms in total. The Labute approximate surface area is 91.5 Å². The third kappa shape index (κ3) is 3.15. The molecular formula is C12H22FNO. The van der Waals surface area contributed by atoms with Crippen molar-refractivity contribution >= 4 is 0 Å². The Morgan fingerprint density at radius 3 is 2.40 bits per heavy atom. The Morgan fingerprint density at radius 1 is 1.00 bits per heavy atom. The molecule has 0 bridgehead atoms. The fourth-order valence-electron chi connectivity index (χ4n) is 2.86. The summed E-state index contributed by atoms with van der Waals surface area (Å²) in [6.07, 6.45) is 5.87. The van der Waals surface area contributed by atoms with Gasteiger partial charge in [-0.05, 0) is 32.1 Å². The van der Waals surface area contributed by atoms with Crippen LogP contribution in [0.25, 0.3) is 0 Å². The molecule has 0 aromatic rings. The highest BCUT2D eigenvalue weighted by atomic mass is 19.1. The fourth-order valence-corrected chi connectivity index (χ4v) is 2.86. The summed E-state index contributed by atoms with van der Waals surface area (Å²) >= 11 is 0. The normalized spacial score (nSPS) is 36.4. The number of hydrogen-bond acceptors (Lipinski definition) is 2. The second kappa shape index (κ2) is 5.26. The summed E-state index contributed by atoms with van der Waals surface area (Å²) in [5.74, 6) is 0. The number of aliphatic hydroxyl groups is 1. The minimum Gasteiger partial charge on any atom is -0.393 e. The Kier molecular flexibility index (Phi) is 3.98. The number of rotatable bonds is 1. The van der Waals surface area contributed by atoms with E-state index in [1.807, 2.05) is 0 Å². The molecule has 0 aromatic heterocycles. The Bertz CT molecular complexity index is 192. The fraction of sp³-hybridized carbons (Fsp3) is 1.00. The van der Waals surface area contributed by atoms with Crippen LogP contribution in [0.5, 0.6) is 0 Å². The van der Waals surface area contributed by atoms with Crippen LogP contribution in [0, 0.1) is 0 Å². The molecule has 0 radical (unpaired) electrons. The van der Waals surface area contributed by atoms with E-state index in [-0.39, 0.29) is 6.10 Å². The highest BCUT2D eigenvalue weighted by molar-refractivity contribution is 4.82. The van der Waals surface area contributed by atoms with Crippen molar-refractivity contribution in [1.29, 1.82) is 0 Å². The second-order valence-electron chi connectivity index (χ2n) is 5.04. The first-order valence-corrected chi connectivity index (χ1v) is 6.32. The van der Waals surface area contributed by atoms with Crippen molar-refractivity contribution in [2.75, 3.05) is 13.1 Å². The lowest BCUT2D eigenvalue weighted by Gasteiger charge is -2.36. The topological polar surface area (TPSA) is 23.5 Å². The van der Waals surface area contributed by atoms with E-state index < -0.39 is 6.17 Å². The van der Waals surface area contributed by atoms with Gasteiger partial charge in [0.05, 0.1) is 6.10 Å². The maximum Gasteiger partial charge on any atom is 0.102 e. The van der Waals surface area contributed by atoms with Crippen LogP contribution in [-0.2, 0) is 0 Å². The van der Waals surface area contributed by atoms with Crippen LogP contribution >= 0.6 is 0 Å². The summed E-state index contributed by atoms with van der Waals surface area (Å²) in [7, 11) is 0. The van der Waals surface area contributed by atoms with Gasteiger partial charge in [-0.25, -0.2) is 4.39 Å². The first-order chi connectivity index (χ1) is 7.25. The molecule has 2 atom stereocenters. The van der Waals surface area contributed by atoms with E-state index in [4.69, 9.17) is 0 Å². The molecule has 1 N–H and O–H groups in total. The minimum absolute atomic E-state index is 0.117. The number of piperidine rings is 1. The summed E-state index contributed by atoms with van der Waals surface area (Å²) in [4.78, 5) is 2.39. The first kappa shape index (κ1) is 11.3. The van der Waals surface area contributed by atoms with Crippen LogP contribution in [0.1, 0.15) is 44.9 Å². The van der Waals surface area contributed by atoms with Gasteiger partial charge in [-0.2, -0.15) is 0 Å². The number of aliphatic hydroxyl groups excluding tert-OH is 1. The molecule has 2 fully saturated rings. The summed E-state index contributed by atoms with van der Waals surface area (Å²) in [5, 5.41) is 9.43. The van der Waals surface area contributed by atoms with Crippen molar-refractivity contribution in [3.63, 3.8) is 0 Å². The van der Waals surface area contributed by atoms with Gasteiger partial charge in [-0.1, -0.05) is 12.8 Å². The Hall–Kier alpha value is -0.150. The standard InChI is InChI=1S/C12H22FNO/c13-10-3-1-2-4-11(9-10)14-7-5-12(15)6-8-14/h10-12,15H,1-9H2. The van der Waals surface area contributed by atoms with Crippen molar-refractivity contribution in [2.45, 2.75) is 63.3 Å². The molecule has 88 valence electrons. The van der Waals surface area contributed by atoms with Gasteiger partial charge in [0.15, 0.2) is 0 Å². The molecule has 1 saturated carbocycles. The lowest BCUT2D eigenvalue weighted by Crippen LogP contribution is -2.43. The highest BCUT2D eigenvalue weighted by Crippen LogP contribution is 2.26. The van der Waals surface area contributed by atoms with Crippen LogP contribution in [0.3, 0.4) is 0 Å². The smallest absolute Gasteiger partial charge is 0.102 e. The number of likely N-dealkylation sites (tertiary alicyclic amines) is 1. The van der Waals surface area contributed by atoms with Gasteiger partial charge in [0.2, 0.25) is 0 Å². The predicted molar refractivity (Wildman–Crippen MR) is 58.6 cm³/mol. The van der Waals surface area contributed by atoms with Crippen LogP contribution in [0.15, 0.2) is 0 Å². The van der Waals surface area contributed by atoms with Gasteiger partial charge in [0.1, 0.15) is 6.17 Å². The van der Waals surface area contributed by atoms with Crippen LogP contribution in [0.2, 0.25) is 0 Å². The predicted octanol–water partition coefficient (Wildman–Crippen LogP) is 2.11. The van der Waals surface area contributed by atoms with Gasteiger partial charge >= 0.3 is 0 Å². The van der Waals surface area contributed by atoms with E-state index in [0.717, 1.165) is 51.6 Å². The first-order valence-electron chi connectivity index (χ1n) is 6.32. The zero-order chi connectivity index (χ0) is 10.7. The van der Waals surface area contributed by atoms with Crippen molar-refractivity contribution in [2.24, 2.45) is 0 Å². The van der Waals surface area contributed by atoms with Gasteiger partial charge in [-0.15, -0.1) is 0 Å². The van der Waals surface area contributed by atoms with Crippen molar-refractivity contribution in [3.05, 3.63) is 0 Å². The van der Waals surface area contributed by atoms with Crippen LogP contribution in [-0.4, -0.2) is 41.4 Å². The van der Waals surface area contributed by atoms with Gasteiger partial charge in [-0.3, -0.25) is 0 Å². The summed E-state index contributed by atoms with van der Waals surface area (Å²) in [5.41, 5.74) is 0. The molecular weight excluding hydrogens is 193 g/mol. The Morgan fingerprint density at radius 2 is 1.67 bits per heavy atom. The van der Waals surface area contributed by atoms with Crippen LogP contribution in [0.4, 0.5) is 4.39 Å². The summed E-state index contributed by atoms with van der Waals surface area (Å²) < 4.78 is 13.4. The Balaban J connectivity index is 1.85. The molecule has 0 amide bonds. The second-order valence-corrected chi connectivity index (χ2v) is 5.04. The van der Waals surface area contributed by atoms with E-state index in [2.05, 4.69) is 4.90 Å². The van der Waals surface area contributed by atoms with E-state index in [1.54, 1.807) is 0 Å². The molecule has 2 aliphatic rings. The average molecular weight is 215 g/mol. The molecule has 1 aliphatic carbocycles. The quantitative estimate of drug-likeness (QED) is 0.677. The molecule has 0 spiro atoms. The maximum atomic E-state index is 13.4.